The molecule has 126 valence electrons. The number of hydrogen-bond acceptors (Lipinski definition) is 3. The third-order valence-electron chi connectivity index (χ3n) is 4.02. The first-order valence-electron chi connectivity index (χ1n) is 7.37. The lowest BCUT2D eigenvalue weighted by atomic mass is 10.1. The Bertz CT molecular complexity index is 988. The Hall–Kier alpha value is -3.16. The summed E-state index contributed by atoms with van der Waals surface area (Å²) in [5.74, 6) is -1.09. The van der Waals surface area contributed by atoms with Crippen LogP contribution in [0.1, 0.15) is 26.3 Å². The van der Waals surface area contributed by atoms with E-state index < -0.39 is 24.4 Å². The van der Waals surface area contributed by atoms with Gasteiger partial charge in [-0.25, -0.2) is 4.90 Å². The summed E-state index contributed by atoms with van der Waals surface area (Å²) >= 11 is 0. The summed E-state index contributed by atoms with van der Waals surface area (Å²) < 4.78 is 37.9. The number of aromatic nitrogens is 2. The summed E-state index contributed by atoms with van der Waals surface area (Å²) in [6.45, 7) is 0. The van der Waals surface area contributed by atoms with Crippen LogP contribution in [0.3, 0.4) is 0 Å². The second kappa shape index (κ2) is 5.17. The Morgan fingerprint density at radius 2 is 1.64 bits per heavy atom. The number of alkyl halides is 3. The SMILES string of the molecule is O=C1c2ccccc2C(=O)N1c1n[nH]c2ccc(CC(F)(F)F)cc12. The number of nitrogens with zero attached hydrogens (tertiary/aromatic N) is 2. The lowest BCUT2D eigenvalue weighted by Gasteiger charge is -2.11. The zero-order chi connectivity index (χ0) is 17.8. The van der Waals surface area contributed by atoms with E-state index in [0.29, 0.717) is 5.52 Å². The predicted octanol–water partition coefficient (Wildman–Crippen LogP) is 3.47. The van der Waals surface area contributed by atoms with E-state index in [1.165, 1.54) is 30.3 Å². The Morgan fingerprint density at radius 1 is 1.00 bits per heavy atom. The van der Waals surface area contributed by atoms with Gasteiger partial charge in [0.2, 0.25) is 0 Å². The summed E-state index contributed by atoms with van der Waals surface area (Å²) in [4.78, 5) is 26.0. The summed E-state index contributed by atoms with van der Waals surface area (Å²) in [5.41, 5.74) is 0.960. The number of amides is 2. The number of carbonyl (C=O) groups excluding carboxylic acids is 2. The van der Waals surface area contributed by atoms with E-state index in [1.807, 2.05) is 0 Å². The minimum Gasteiger partial charge on any atom is -0.276 e. The van der Waals surface area contributed by atoms with Gasteiger partial charge in [0.05, 0.1) is 23.1 Å². The second-order valence-electron chi connectivity index (χ2n) is 5.71. The van der Waals surface area contributed by atoms with Crippen molar-refractivity contribution in [2.75, 3.05) is 4.90 Å². The molecule has 8 heteroatoms. The molecule has 4 rings (SSSR count). The molecule has 0 aliphatic carbocycles. The van der Waals surface area contributed by atoms with Gasteiger partial charge in [-0.3, -0.25) is 14.7 Å². The number of imide groups is 1. The summed E-state index contributed by atoms with van der Waals surface area (Å²) in [5, 5.41) is 6.91. The van der Waals surface area contributed by atoms with E-state index in [1.54, 1.807) is 12.1 Å². The summed E-state index contributed by atoms with van der Waals surface area (Å²) in [6, 6.07) is 10.4. The molecular weight excluding hydrogens is 335 g/mol. The largest absolute Gasteiger partial charge is 0.393 e. The van der Waals surface area contributed by atoms with Crippen LogP contribution < -0.4 is 4.90 Å². The highest BCUT2D eigenvalue weighted by Crippen LogP contribution is 2.33. The van der Waals surface area contributed by atoms with Gasteiger partial charge in [0.25, 0.3) is 11.8 Å². The van der Waals surface area contributed by atoms with E-state index >= 15 is 0 Å². The molecule has 2 heterocycles. The number of anilines is 1. The molecule has 0 saturated carbocycles. The number of aromatic amines is 1. The van der Waals surface area contributed by atoms with E-state index in [-0.39, 0.29) is 27.9 Å². The fourth-order valence-corrected chi connectivity index (χ4v) is 2.94. The van der Waals surface area contributed by atoms with Crippen molar-refractivity contribution in [3.8, 4) is 0 Å². The molecule has 1 N–H and O–H groups in total. The summed E-state index contributed by atoms with van der Waals surface area (Å²) in [7, 11) is 0. The maximum absolute atomic E-state index is 12.6. The maximum atomic E-state index is 12.6. The molecule has 0 bridgehead atoms. The lowest BCUT2D eigenvalue weighted by Crippen LogP contribution is -2.29. The molecule has 0 fully saturated rings. The second-order valence-corrected chi connectivity index (χ2v) is 5.71. The van der Waals surface area contributed by atoms with Crippen LogP contribution in [0, 0.1) is 0 Å². The highest BCUT2D eigenvalue weighted by molar-refractivity contribution is 6.35. The van der Waals surface area contributed by atoms with Crippen molar-refractivity contribution in [1.29, 1.82) is 0 Å². The molecule has 2 amide bonds. The van der Waals surface area contributed by atoms with Gasteiger partial charge < -0.3 is 0 Å². The fourth-order valence-electron chi connectivity index (χ4n) is 2.94. The molecule has 1 aliphatic heterocycles. The van der Waals surface area contributed by atoms with Crippen LogP contribution in [0.15, 0.2) is 42.5 Å². The van der Waals surface area contributed by atoms with Crippen LogP contribution in [0.4, 0.5) is 19.0 Å². The number of halogens is 3. The molecule has 0 spiro atoms. The van der Waals surface area contributed by atoms with Gasteiger partial charge >= 0.3 is 6.18 Å². The monoisotopic (exact) mass is 345 g/mol. The van der Waals surface area contributed by atoms with Crippen molar-refractivity contribution in [2.45, 2.75) is 12.6 Å². The molecule has 2 aromatic carbocycles. The van der Waals surface area contributed by atoms with Crippen molar-refractivity contribution in [3.63, 3.8) is 0 Å². The van der Waals surface area contributed by atoms with Gasteiger partial charge in [0, 0.05) is 5.39 Å². The third kappa shape index (κ3) is 2.46. The van der Waals surface area contributed by atoms with Gasteiger partial charge in [0.15, 0.2) is 5.82 Å². The van der Waals surface area contributed by atoms with Crippen molar-refractivity contribution in [1.82, 2.24) is 10.2 Å². The highest BCUT2D eigenvalue weighted by Gasteiger charge is 2.38. The molecule has 0 atom stereocenters. The van der Waals surface area contributed by atoms with Gasteiger partial charge in [-0.15, -0.1) is 0 Å². The Balaban J connectivity index is 1.81. The fraction of sp³-hybridized carbons (Fsp3) is 0.118. The predicted molar refractivity (Wildman–Crippen MR) is 83.4 cm³/mol. The smallest absolute Gasteiger partial charge is 0.276 e. The molecule has 1 aliphatic rings. The average Bonchev–Trinajstić information content (AvgIpc) is 3.06. The van der Waals surface area contributed by atoms with Crippen LogP contribution in [0.2, 0.25) is 0 Å². The molecule has 5 nitrogen and oxygen atoms in total. The average molecular weight is 345 g/mol. The number of nitrogens with one attached hydrogen (secondary N) is 1. The first-order chi connectivity index (χ1) is 11.8. The van der Waals surface area contributed by atoms with Crippen molar-refractivity contribution >= 4 is 28.5 Å². The van der Waals surface area contributed by atoms with Crippen molar-refractivity contribution < 1.29 is 22.8 Å². The van der Waals surface area contributed by atoms with Gasteiger partial charge in [-0.2, -0.15) is 18.3 Å². The number of carbonyl (C=O) groups is 2. The lowest BCUT2D eigenvalue weighted by molar-refractivity contribution is -0.127. The van der Waals surface area contributed by atoms with Gasteiger partial charge in [-0.05, 0) is 29.8 Å². The third-order valence-corrected chi connectivity index (χ3v) is 4.02. The van der Waals surface area contributed by atoms with Crippen molar-refractivity contribution in [2.24, 2.45) is 0 Å². The molecule has 0 radical (unpaired) electrons. The van der Waals surface area contributed by atoms with Gasteiger partial charge in [0.1, 0.15) is 0 Å². The van der Waals surface area contributed by atoms with Crippen LogP contribution in [0.25, 0.3) is 10.9 Å². The Morgan fingerprint density at radius 3 is 2.24 bits per heavy atom. The maximum Gasteiger partial charge on any atom is 0.393 e. The summed E-state index contributed by atoms with van der Waals surface area (Å²) in [6.07, 6.45) is -5.46. The number of benzene rings is 2. The van der Waals surface area contributed by atoms with E-state index in [4.69, 9.17) is 0 Å². The number of H-pyrrole nitrogens is 1. The molecule has 0 saturated heterocycles. The highest BCUT2D eigenvalue weighted by atomic mass is 19.4. The van der Waals surface area contributed by atoms with Crippen LogP contribution in [-0.2, 0) is 6.42 Å². The first kappa shape index (κ1) is 15.4. The van der Waals surface area contributed by atoms with E-state index in [0.717, 1.165) is 4.90 Å². The number of rotatable bonds is 2. The topological polar surface area (TPSA) is 66.1 Å². The first-order valence-corrected chi connectivity index (χ1v) is 7.37. The molecule has 0 unspecified atom stereocenters. The standard InChI is InChI=1S/C17H10F3N3O2/c18-17(19,20)8-9-5-6-13-12(7-9)14(22-21-13)23-15(24)10-3-1-2-4-11(10)16(23)25/h1-7H,8H2,(H,21,22). The molecular formula is C17H10F3N3O2. The van der Waals surface area contributed by atoms with Crippen LogP contribution in [-0.4, -0.2) is 28.2 Å². The molecule has 1 aromatic heterocycles. The Labute approximate surface area is 139 Å². The molecule has 25 heavy (non-hydrogen) atoms. The van der Waals surface area contributed by atoms with Crippen LogP contribution >= 0.6 is 0 Å². The van der Waals surface area contributed by atoms with Gasteiger partial charge in [-0.1, -0.05) is 18.2 Å². The Kier molecular flexibility index (Phi) is 3.18. The normalized spacial score (nSPS) is 14.4. The zero-order valence-corrected chi connectivity index (χ0v) is 12.6. The van der Waals surface area contributed by atoms with Crippen molar-refractivity contribution in [3.05, 3.63) is 59.2 Å². The number of hydrogen-bond donors (Lipinski definition) is 1. The van der Waals surface area contributed by atoms with E-state index in [9.17, 15) is 22.8 Å². The minimum absolute atomic E-state index is 0.00484. The number of fused-ring (bicyclic) bond motifs is 2. The quantitative estimate of drug-likeness (QED) is 0.723. The van der Waals surface area contributed by atoms with Crippen LogP contribution in [0.5, 0.6) is 0 Å². The minimum atomic E-state index is -4.35. The van der Waals surface area contributed by atoms with E-state index in [2.05, 4.69) is 10.2 Å². The molecule has 3 aromatic rings. The zero-order valence-electron chi connectivity index (χ0n) is 12.6.